The Kier molecular flexibility index (Phi) is 4.63. The van der Waals surface area contributed by atoms with Gasteiger partial charge in [0.25, 0.3) is 0 Å². The van der Waals surface area contributed by atoms with E-state index < -0.39 is 5.97 Å². The quantitative estimate of drug-likeness (QED) is 0.629. The van der Waals surface area contributed by atoms with Crippen LogP contribution < -0.4 is 9.47 Å². The van der Waals surface area contributed by atoms with Crippen molar-refractivity contribution in [3.8, 4) is 11.5 Å². The molecule has 0 saturated carbocycles. The molecule has 0 N–H and O–H groups in total. The number of carbonyl (C=O) groups excluding carboxylic acids is 1. The van der Waals surface area contributed by atoms with Crippen LogP contribution >= 0.6 is 0 Å². The fraction of sp³-hybridized carbons (Fsp3) is 0.278. The first-order valence-corrected chi connectivity index (χ1v) is 6.95. The lowest BCUT2D eigenvalue weighted by Crippen LogP contribution is -2.20. The van der Waals surface area contributed by atoms with Crippen LogP contribution in [0.5, 0.6) is 11.5 Å². The molecule has 2 aromatic carbocycles. The minimum absolute atomic E-state index is 0.0417. The van der Waals surface area contributed by atoms with Crippen molar-refractivity contribution in [2.24, 2.45) is 0 Å². The summed E-state index contributed by atoms with van der Waals surface area (Å²) in [4.78, 5) is 11.8. The van der Waals surface area contributed by atoms with Crippen LogP contribution in [0.3, 0.4) is 0 Å². The van der Waals surface area contributed by atoms with Gasteiger partial charge in [0, 0.05) is 0 Å². The summed E-state index contributed by atoms with van der Waals surface area (Å²) in [7, 11) is 0. The molecule has 2 aromatic rings. The van der Waals surface area contributed by atoms with E-state index in [9.17, 15) is 4.79 Å². The molecule has 0 spiro atoms. The van der Waals surface area contributed by atoms with Crippen LogP contribution in [0, 0.1) is 0 Å². The molecule has 0 aromatic heterocycles. The van der Waals surface area contributed by atoms with Gasteiger partial charge in [0.1, 0.15) is 11.5 Å². The molecule has 21 heavy (non-hydrogen) atoms. The molecule has 3 heteroatoms. The van der Waals surface area contributed by atoms with Crippen LogP contribution in [0.2, 0.25) is 0 Å². The highest BCUT2D eigenvalue weighted by atomic mass is 16.6. The van der Waals surface area contributed by atoms with Crippen molar-refractivity contribution in [2.45, 2.75) is 26.2 Å². The summed E-state index contributed by atoms with van der Waals surface area (Å²) in [6.45, 7) is 6.22. The minimum Gasteiger partial charge on any atom is -0.482 e. The number of para-hydroxylation sites is 2. The highest BCUT2D eigenvalue weighted by molar-refractivity contribution is 5.74. The average molecular weight is 284 g/mol. The second-order valence-corrected chi connectivity index (χ2v) is 5.82. The third-order valence-corrected chi connectivity index (χ3v) is 3.02. The number of rotatable bonds is 4. The molecule has 0 aliphatic heterocycles. The van der Waals surface area contributed by atoms with Crippen molar-refractivity contribution >= 4 is 5.97 Å². The lowest BCUT2D eigenvalue weighted by molar-refractivity contribution is -0.136. The van der Waals surface area contributed by atoms with Gasteiger partial charge in [-0.05, 0) is 29.2 Å². The fourth-order valence-electron chi connectivity index (χ4n) is 2.00. The summed E-state index contributed by atoms with van der Waals surface area (Å²) < 4.78 is 10.8. The maximum absolute atomic E-state index is 11.8. The fourth-order valence-corrected chi connectivity index (χ4v) is 2.00. The maximum atomic E-state index is 11.8. The van der Waals surface area contributed by atoms with Crippen LogP contribution in [0.25, 0.3) is 0 Å². The predicted molar refractivity (Wildman–Crippen MR) is 82.7 cm³/mol. The Hall–Kier alpha value is -2.29. The molecule has 0 aliphatic carbocycles. The van der Waals surface area contributed by atoms with Crippen molar-refractivity contribution < 1.29 is 14.3 Å². The van der Waals surface area contributed by atoms with Crippen LogP contribution in [0.15, 0.2) is 54.6 Å². The first-order valence-electron chi connectivity index (χ1n) is 6.95. The number of carbonyl (C=O) groups is 1. The van der Waals surface area contributed by atoms with E-state index in [1.807, 2.05) is 42.5 Å². The van der Waals surface area contributed by atoms with Gasteiger partial charge in [0.2, 0.25) is 0 Å². The molecular weight excluding hydrogens is 264 g/mol. The Morgan fingerprint density at radius 1 is 0.952 bits per heavy atom. The zero-order valence-electron chi connectivity index (χ0n) is 12.6. The second kappa shape index (κ2) is 6.44. The topological polar surface area (TPSA) is 35.5 Å². The van der Waals surface area contributed by atoms with E-state index in [4.69, 9.17) is 9.47 Å². The molecule has 0 amide bonds. The largest absolute Gasteiger partial charge is 0.482 e. The number of benzene rings is 2. The summed E-state index contributed by atoms with van der Waals surface area (Å²) in [5.41, 5.74) is 1.03. The standard InChI is InChI=1S/C18H20O3/c1-18(2,3)15-11-7-8-12-16(15)20-13-17(19)21-14-9-5-4-6-10-14/h4-12H,13H2,1-3H3. The number of hydrogen-bond acceptors (Lipinski definition) is 3. The van der Waals surface area contributed by atoms with E-state index in [1.54, 1.807) is 12.1 Å². The number of ether oxygens (including phenoxy) is 2. The zero-order valence-corrected chi connectivity index (χ0v) is 12.6. The zero-order chi connectivity index (χ0) is 15.3. The van der Waals surface area contributed by atoms with Crippen molar-refractivity contribution in [2.75, 3.05) is 6.61 Å². The average Bonchev–Trinajstić information content (AvgIpc) is 2.45. The number of esters is 1. The third kappa shape index (κ3) is 4.35. The molecule has 0 unspecified atom stereocenters. The molecule has 110 valence electrons. The SMILES string of the molecule is CC(C)(C)c1ccccc1OCC(=O)Oc1ccccc1. The highest BCUT2D eigenvalue weighted by Crippen LogP contribution is 2.30. The van der Waals surface area contributed by atoms with Gasteiger partial charge < -0.3 is 9.47 Å². The normalized spacial score (nSPS) is 11.0. The molecule has 0 radical (unpaired) electrons. The Balaban J connectivity index is 1.99. The molecule has 2 rings (SSSR count). The molecule has 0 fully saturated rings. The van der Waals surface area contributed by atoms with E-state index in [0.717, 1.165) is 11.3 Å². The van der Waals surface area contributed by atoms with Gasteiger partial charge in [0.05, 0.1) is 0 Å². The molecule has 0 heterocycles. The van der Waals surface area contributed by atoms with E-state index in [-0.39, 0.29) is 12.0 Å². The first-order chi connectivity index (χ1) is 9.97. The highest BCUT2D eigenvalue weighted by Gasteiger charge is 2.19. The smallest absolute Gasteiger partial charge is 0.349 e. The van der Waals surface area contributed by atoms with Crippen molar-refractivity contribution in [3.63, 3.8) is 0 Å². The molecule has 0 bridgehead atoms. The Morgan fingerprint density at radius 3 is 2.24 bits per heavy atom. The first kappa shape index (κ1) is 15.1. The van der Waals surface area contributed by atoms with Crippen LogP contribution in [0.4, 0.5) is 0 Å². The second-order valence-electron chi connectivity index (χ2n) is 5.82. The van der Waals surface area contributed by atoms with Gasteiger partial charge in [-0.2, -0.15) is 0 Å². The summed E-state index contributed by atoms with van der Waals surface area (Å²) in [5, 5.41) is 0. The van der Waals surface area contributed by atoms with Gasteiger partial charge in [-0.25, -0.2) is 4.79 Å². The monoisotopic (exact) mass is 284 g/mol. The van der Waals surface area contributed by atoms with Crippen LogP contribution in [0.1, 0.15) is 26.3 Å². The molecule has 0 atom stereocenters. The van der Waals surface area contributed by atoms with Crippen LogP contribution in [-0.4, -0.2) is 12.6 Å². The van der Waals surface area contributed by atoms with Crippen LogP contribution in [-0.2, 0) is 10.2 Å². The molecular formula is C18H20O3. The van der Waals surface area contributed by atoms with E-state index in [1.165, 1.54) is 0 Å². The van der Waals surface area contributed by atoms with E-state index >= 15 is 0 Å². The predicted octanol–water partition coefficient (Wildman–Crippen LogP) is 3.97. The maximum Gasteiger partial charge on any atom is 0.349 e. The number of hydrogen-bond donors (Lipinski definition) is 0. The Bertz CT molecular complexity index is 597. The summed E-state index contributed by atoms with van der Waals surface area (Å²) in [5.74, 6) is 0.829. The minimum atomic E-state index is -0.412. The van der Waals surface area contributed by atoms with Crippen molar-refractivity contribution in [1.29, 1.82) is 0 Å². The molecule has 3 nitrogen and oxygen atoms in total. The van der Waals surface area contributed by atoms with Gasteiger partial charge in [0.15, 0.2) is 6.61 Å². The molecule has 0 aliphatic rings. The van der Waals surface area contributed by atoms with E-state index in [0.29, 0.717) is 5.75 Å². The van der Waals surface area contributed by atoms with Gasteiger partial charge in [-0.1, -0.05) is 57.2 Å². The van der Waals surface area contributed by atoms with E-state index in [2.05, 4.69) is 20.8 Å². The van der Waals surface area contributed by atoms with Crippen molar-refractivity contribution in [3.05, 3.63) is 60.2 Å². The third-order valence-electron chi connectivity index (χ3n) is 3.02. The van der Waals surface area contributed by atoms with Crippen molar-refractivity contribution in [1.82, 2.24) is 0 Å². The Morgan fingerprint density at radius 2 is 1.57 bits per heavy atom. The molecule has 0 saturated heterocycles. The summed E-state index contributed by atoms with van der Waals surface area (Å²) in [6, 6.07) is 16.7. The lowest BCUT2D eigenvalue weighted by atomic mass is 9.86. The van der Waals surface area contributed by atoms with Gasteiger partial charge in [-0.15, -0.1) is 0 Å². The van der Waals surface area contributed by atoms with Gasteiger partial charge >= 0.3 is 5.97 Å². The summed E-state index contributed by atoms with van der Waals surface area (Å²) in [6.07, 6.45) is 0. The lowest BCUT2D eigenvalue weighted by Gasteiger charge is -2.22. The Labute approximate surface area is 125 Å². The summed E-state index contributed by atoms with van der Waals surface area (Å²) >= 11 is 0. The van der Waals surface area contributed by atoms with Gasteiger partial charge in [-0.3, -0.25) is 0 Å².